The molecule has 2 heterocycles. The minimum Gasteiger partial charge on any atom is -0.365 e. The molecule has 0 spiro atoms. The Labute approximate surface area is 52.8 Å². The number of hydrogen-bond acceptors (Lipinski definition) is 2. The van der Waals surface area contributed by atoms with E-state index in [1.54, 1.807) is 0 Å². The summed E-state index contributed by atoms with van der Waals surface area (Å²) < 4.78 is 0. The summed E-state index contributed by atoms with van der Waals surface area (Å²) in [5, 5.41) is 3.11. The van der Waals surface area contributed by atoms with E-state index in [-0.39, 0.29) is 0 Å². The van der Waals surface area contributed by atoms with E-state index in [1.807, 2.05) is 18.6 Å². The quantitative estimate of drug-likeness (QED) is 0.524. The molecule has 0 amide bonds. The predicted octanol–water partition coefficient (Wildman–Crippen LogP) is 0.817. The molecule has 3 nitrogen and oxygen atoms in total. The molecule has 0 fully saturated rings. The highest BCUT2D eigenvalue weighted by molar-refractivity contribution is 5.88. The van der Waals surface area contributed by atoms with E-state index >= 15 is 0 Å². The second-order valence-corrected chi connectivity index (χ2v) is 1.97. The summed E-state index contributed by atoms with van der Waals surface area (Å²) >= 11 is 0. The molecule has 9 heavy (non-hydrogen) atoms. The number of nitrogens with one attached hydrogen (secondary N) is 2. The van der Waals surface area contributed by atoms with Gasteiger partial charge in [0.1, 0.15) is 6.67 Å². The van der Waals surface area contributed by atoms with Gasteiger partial charge in [0, 0.05) is 24.2 Å². The summed E-state index contributed by atoms with van der Waals surface area (Å²) in [6.45, 7) is 0.699. The van der Waals surface area contributed by atoms with E-state index in [9.17, 15) is 0 Å². The monoisotopic (exact) mass is 121 g/mol. The Hall–Kier alpha value is -1.25. The summed E-state index contributed by atoms with van der Waals surface area (Å²) in [6.07, 6.45) is 5.72. The summed E-state index contributed by atoms with van der Waals surface area (Å²) in [5.41, 5.74) is 2.28. The lowest BCUT2D eigenvalue weighted by Gasteiger charge is -2.05. The highest BCUT2D eigenvalue weighted by atomic mass is 15.0. The first-order valence-corrected chi connectivity index (χ1v) is 2.87. The van der Waals surface area contributed by atoms with Gasteiger partial charge in [0.25, 0.3) is 0 Å². The molecule has 3 heteroatoms. The van der Waals surface area contributed by atoms with Gasteiger partial charge in [0.2, 0.25) is 0 Å². The van der Waals surface area contributed by atoms with Crippen LogP contribution in [0.15, 0.2) is 17.4 Å². The van der Waals surface area contributed by atoms with Crippen LogP contribution in [0.25, 0.3) is 0 Å². The molecule has 46 valence electrons. The first-order valence-electron chi connectivity index (χ1n) is 2.87. The normalized spacial score (nSPS) is 14.7. The average Bonchev–Trinajstić information content (AvgIpc) is 2.33. The van der Waals surface area contributed by atoms with Crippen LogP contribution in [-0.2, 0) is 0 Å². The molecule has 2 N–H and O–H groups in total. The van der Waals surface area contributed by atoms with Crippen LogP contribution >= 0.6 is 0 Å². The molecule has 0 saturated carbocycles. The molecule has 2 rings (SSSR count). The molecule has 1 aromatic heterocycles. The maximum Gasteiger partial charge on any atom is 0.107 e. The van der Waals surface area contributed by atoms with Crippen molar-refractivity contribution in [2.75, 3.05) is 12.0 Å². The first kappa shape index (κ1) is 4.61. The van der Waals surface area contributed by atoms with E-state index in [4.69, 9.17) is 0 Å². The summed E-state index contributed by atoms with van der Waals surface area (Å²) in [4.78, 5) is 7.02. The van der Waals surface area contributed by atoms with Crippen LogP contribution in [0.4, 0.5) is 5.69 Å². The zero-order valence-corrected chi connectivity index (χ0v) is 4.89. The van der Waals surface area contributed by atoms with Crippen molar-refractivity contribution in [3.05, 3.63) is 18.0 Å². The molecular weight excluding hydrogens is 114 g/mol. The molecule has 0 atom stereocenters. The lowest BCUT2D eigenvalue weighted by atomic mass is 10.3. The fourth-order valence-electron chi connectivity index (χ4n) is 0.911. The number of aromatic nitrogens is 1. The van der Waals surface area contributed by atoms with Crippen LogP contribution in [0, 0.1) is 0 Å². The Morgan fingerprint density at radius 3 is 3.33 bits per heavy atom. The van der Waals surface area contributed by atoms with Crippen molar-refractivity contribution in [2.45, 2.75) is 0 Å². The third-order valence-corrected chi connectivity index (χ3v) is 1.37. The third kappa shape index (κ3) is 0.614. The molecule has 1 aromatic rings. The molecule has 0 aromatic carbocycles. The molecule has 0 saturated heterocycles. The standard InChI is InChI=1S/C6H7N3/c1-5-2-8-4-9-6(5)3-7-1/h1-3,7,9H,4H2. The number of rotatable bonds is 0. The summed E-state index contributed by atoms with van der Waals surface area (Å²) in [6, 6.07) is 0. The smallest absolute Gasteiger partial charge is 0.107 e. The van der Waals surface area contributed by atoms with Crippen molar-refractivity contribution in [1.29, 1.82) is 0 Å². The summed E-state index contributed by atoms with van der Waals surface area (Å²) in [7, 11) is 0. The number of anilines is 1. The van der Waals surface area contributed by atoms with Crippen LogP contribution in [0.5, 0.6) is 0 Å². The van der Waals surface area contributed by atoms with Crippen molar-refractivity contribution in [3.8, 4) is 0 Å². The third-order valence-electron chi connectivity index (χ3n) is 1.37. The second kappa shape index (κ2) is 1.62. The zero-order chi connectivity index (χ0) is 6.10. The van der Waals surface area contributed by atoms with E-state index in [1.165, 1.54) is 0 Å². The Bertz CT molecular complexity index is 236. The molecular formula is C6H7N3. The topological polar surface area (TPSA) is 40.2 Å². The maximum atomic E-state index is 4.03. The van der Waals surface area contributed by atoms with Crippen molar-refractivity contribution in [3.63, 3.8) is 0 Å². The number of aliphatic imine (C=N–C) groups is 1. The highest BCUT2D eigenvalue weighted by Crippen LogP contribution is 2.13. The predicted molar refractivity (Wildman–Crippen MR) is 36.9 cm³/mol. The lowest BCUT2D eigenvalue weighted by molar-refractivity contribution is 1.13. The van der Waals surface area contributed by atoms with E-state index < -0.39 is 0 Å². The number of H-pyrrole nitrogens is 1. The van der Waals surface area contributed by atoms with Crippen LogP contribution < -0.4 is 5.32 Å². The maximum absolute atomic E-state index is 4.03. The van der Waals surface area contributed by atoms with Crippen molar-refractivity contribution in [1.82, 2.24) is 4.98 Å². The fourth-order valence-corrected chi connectivity index (χ4v) is 0.911. The van der Waals surface area contributed by atoms with Crippen LogP contribution in [0.1, 0.15) is 5.56 Å². The molecule has 1 aliphatic heterocycles. The van der Waals surface area contributed by atoms with E-state index in [2.05, 4.69) is 15.3 Å². The van der Waals surface area contributed by atoms with Gasteiger partial charge in [-0.3, -0.25) is 4.99 Å². The second-order valence-electron chi connectivity index (χ2n) is 1.97. The van der Waals surface area contributed by atoms with Crippen LogP contribution in [-0.4, -0.2) is 17.9 Å². The lowest BCUT2D eigenvalue weighted by Crippen LogP contribution is -2.04. The minimum atomic E-state index is 0.699. The van der Waals surface area contributed by atoms with Crippen molar-refractivity contribution in [2.24, 2.45) is 4.99 Å². The number of aromatic amines is 1. The van der Waals surface area contributed by atoms with Gasteiger partial charge in [-0.15, -0.1) is 0 Å². The number of fused-ring (bicyclic) bond motifs is 1. The van der Waals surface area contributed by atoms with Crippen LogP contribution in [0.2, 0.25) is 0 Å². The number of hydrogen-bond donors (Lipinski definition) is 2. The number of nitrogens with zero attached hydrogens (tertiary/aromatic N) is 1. The van der Waals surface area contributed by atoms with Crippen molar-refractivity contribution >= 4 is 11.9 Å². The van der Waals surface area contributed by atoms with Gasteiger partial charge >= 0.3 is 0 Å². The van der Waals surface area contributed by atoms with E-state index in [0.29, 0.717) is 6.67 Å². The Balaban J connectivity index is 2.53. The fraction of sp³-hybridized carbons (Fsp3) is 0.167. The van der Waals surface area contributed by atoms with Crippen molar-refractivity contribution < 1.29 is 0 Å². The first-order chi connectivity index (χ1) is 4.47. The highest BCUT2D eigenvalue weighted by Gasteiger charge is 2.01. The molecule has 0 bridgehead atoms. The molecule has 0 unspecified atom stereocenters. The van der Waals surface area contributed by atoms with E-state index in [0.717, 1.165) is 11.3 Å². The minimum absolute atomic E-state index is 0.699. The summed E-state index contributed by atoms with van der Waals surface area (Å²) in [5.74, 6) is 0. The zero-order valence-electron chi connectivity index (χ0n) is 4.89. The molecule has 1 aliphatic rings. The van der Waals surface area contributed by atoms with Gasteiger partial charge in [0.05, 0.1) is 5.69 Å². The van der Waals surface area contributed by atoms with Gasteiger partial charge in [0.15, 0.2) is 0 Å². The molecule has 0 radical (unpaired) electrons. The van der Waals surface area contributed by atoms with Gasteiger partial charge in [-0.2, -0.15) is 0 Å². The largest absolute Gasteiger partial charge is 0.365 e. The Morgan fingerprint density at radius 2 is 2.44 bits per heavy atom. The van der Waals surface area contributed by atoms with Gasteiger partial charge in [-0.05, 0) is 0 Å². The van der Waals surface area contributed by atoms with Gasteiger partial charge in [-0.25, -0.2) is 0 Å². The van der Waals surface area contributed by atoms with Gasteiger partial charge in [-0.1, -0.05) is 0 Å². The molecule has 0 aliphatic carbocycles. The average molecular weight is 121 g/mol. The Morgan fingerprint density at radius 1 is 1.44 bits per heavy atom. The Kier molecular flexibility index (Phi) is 0.828. The van der Waals surface area contributed by atoms with Crippen LogP contribution in [0.3, 0.4) is 0 Å². The SMILES string of the molecule is C1=NCNc2c[nH]cc21. The van der Waals surface area contributed by atoms with Gasteiger partial charge < -0.3 is 10.3 Å².